The molecule has 0 bridgehead atoms. The number of halogens is 1. The fourth-order valence-electron chi connectivity index (χ4n) is 3.41. The van der Waals surface area contributed by atoms with Gasteiger partial charge in [0.1, 0.15) is 17.1 Å². The topological polar surface area (TPSA) is 79.0 Å². The van der Waals surface area contributed by atoms with Crippen molar-refractivity contribution >= 4 is 29.9 Å². The molecule has 0 aromatic carbocycles. The molecule has 0 aliphatic heterocycles. The predicted octanol–water partition coefficient (Wildman–Crippen LogP) is 3.63. The molecule has 1 saturated carbocycles. The fraction of sp³-hybridized carbons (Fsp3) is 0.750. The lowest BCUT2D eigenvalue weighted by atomic mass is 9.96. The summed E-state index contributed by atoms with van der Waals surface area (Å²) in [7, 11) is 0. The molecular formula is C20H36IN3O3. The van der Waals surface area contributed by atoms with Crippen LogP contribution in [0.2, 0.25) is 0 Å². The van der Waals surface area contributed by atoms with E-state index in [2.05, 4.69) is 15.6 Å². The van der Waals surface area contributed by atoms with Crippen LogP contribution in [0.3, 0.4) is 0 Å². The van der Waals surface area contributed by atoms with E-state index in [0.717, 1.165) is 43.2 Å². The average molecular weight is 493 g/mol. The molecule has 0 saturated heterocycles. The van der Waals surface area contributed by atoms with E-state index in [1.165, 1.54) is 25.7 Å². The van der Waals surface area contributed by atoms with Crippen molar-refractivity contribution in [3.8, 4) is 0 Å². The molecule has 3 N–H and O–H groups in total. The predicted molar refractivity (Wildman–Crippen MR) is 120 cm³/mol. The highest BCUT2D eigenvalue weighted by Crippen LogP contribution is 2.27. The molecule has 1 unspecified atom stereocenters. The Labute approximate surface area is 180 Å². The van der Waals surface area contributed by atoms with Crippen molar-refractivity contribution in [3.63, 3.8) is 0 Å². The van der Waals surface area contributed by atoms with Crippen molar-refractivity contribution in [1.29, 1.82) is 0 Å². The summed E-state index contributed by atoms with van der Waals surface area (Å²) in [6, 6.07) is 1.88. The highest BCUT2D eigenvalue weighted by molar-refractivity contribution is 14.0. The number of nitrogens with zero attached hydrogens (tertiary/aromatic N) is 1. The maximum atomic E-state index is 10.8. The molecule has 0 radical (unpaired) electrons. The minimum atomic E-state index is -1.06. The molecular weight excluding hydrogens is 457 g/mol. The van der Waals surface area contributed by atoms with Gasteiger partial charge in [-0.25, -0.2) is 4.99 Å². The number of aliphatic imine (C=N–C) groups is 1. The van der Waals surface area contributed by atoms with E-state index in [1.807, 2.05) is 26.8 Å². The fourth-order valence-corrected chi connectivity index (χ4v) is 3.41. The minimum Gasteiger partial charge on any atom is -0.466 e. The summed E-state index contributed by atoms with van der Waals surface area (Å²) in [6.07, 6.45) is 6.43. The summed E-state index contributed by atoms with van der Waals surface area (Å²) < 4.78 is 11.4. The zero-order chi connectivity index (χ0) is 19.0. The molecule has 27 heavy (non-hydrogen) atoms. The van der Waals surface area contributed by atoms with Crippen LogP contribution >= 0.6 is 24.0 Å². The molecule has 1 aliphatic rings. The van der Waals surface area contributed by atoms with Crippen LogP contribution in [0.25, 0.3) is 0 Å². The summed E-state index contributed by atoms with van der Waals surface area (Å²) in [4.78, 5) is 4.55. The normalized spacial score (nSPS) is 17.4. The van der Waals surface area contributed by atoms with Crippen LogP contribution in [0, 0.1) is 13.8 Å². The summed E-state index contributed by atoms with van der Waals surface area (Å²) in [5, 5.41) is 17.3. The molecule has 1 heterocycles. The highest BCUT2D eigenvalue weighted by Gasteiger charge is 2.27. The number of ether oxygens (including phenoxy) is 1. The van der Waals surface area contributed by atoms with E-state index < -0.39 is 5.60 Å². The van der Waals surface area contributed by atoms with E-state index in [-0.39, 0.29) is 30.5 Å². The third-order valence-corrected chi connectivity index (χ3v) is 4.78. The third-order valence-electron chi connectivity index (χ3n) is 4.78. The zero-order valence-corrected chi connectivity index (χ0v) is 19.5. The smallest absolute Gasteiger partial charge is 0.191 e. The Hall–Kier alpha value is -0.800. The van der Waals surface area contributed by atoms with Crippen LogP contribution < -0.4 is 10.6 Å². The van der Waals surface area contributed by atoms with E-state index in [4.69, 9.17) is 9.15 Å². The van der Waals surface area contributed by atoms with Gasteiger partial charge in [-0.1, -0.05) is 12.8 Å². The number of nitrogens with one attached hydrogen (secondary N) is 2. The second-order valence-electron chi connectivity index (χ2n) is 7.35. The highest BCUT2D eigenvalue weighted by atomic mass is 127. The van der Waals surface area contributed by atoms with Gasteiger partial charge in [-0.15, -0.1) is 24.0 Å². The monoisotopic (exact) mass is 493 g/mol. The van der Waals surface area contributed by atoms with Crippen molar-refractivity contribution in [2.75, 3.05) is 26.2 Å². The van der Waals surface area contributed by atoms with Gasteiger partial charge in [0, 0.05) is 25.3 Å². The van der Waals surface area contributed by atoms with Crippen molar-refractivity contribution < 1.29 is 14.3 Å². The number of aliphatic hydroxyl groups is 1. The Bertz CT molecular complexity index is 581. The molecule has 7 heteroatoms. The van der Waals surface area contributed by atoms with E-state index in [9.17, 15) is 5.11 Å². The molecule has 2 rings (SSSR count). The molecule has 1 aromatic rings. The number of hydrogen-bond acceptors (Lipinski definition) is 4. The van der Waals surface area contributed by atoms with Crippen LogP contribution in [0.5, 0.6) is 0 Å². The van der Waals surface area contributed by atoms with Gasteiger partial charge < -0.3 is 24.9 Å². The standard InChI is InChI=1S/C20H35N3O3.HI/c1-5-21-19(22-11-8-12-25-17-9-6-7-10-17)23-14-20(4,24)18-13-15(2)26-16(18)3;/h13,17,24H,5-12,14H2,1-4H3,(H2,21,22,23);1H. The van der Waals surface area contributed by atoms with Crippen LogP contribution in [0.4, 0.5) is 0 Å². The molecule has 0 amide bonds. The van der Waals surface area contributed by atoms with Gasteiger partial charge in [0.25, 0.3) is 0 Å². The average Bonchev–Trinajstić information content (AvgIpc) is 3.21. The van der Waals surface area contributed by atoms with E-state index in [1.54, 1.807) is 6.92 Å². The summed E-state index contributed by atoms with van der Waals surface area (Å²) in [5.41, 5.74) is -0.268. The Balaban J connectivity index is 0.00000364. The number of aryl methyl sites for hydroxylation is 2. The quantitative estimate of drug-likeness (QED) is 0.212. The SMILES string of the molecule is CCNC(=NCC(C)(O)c1cc(C)oc1C)NCCCOC1CCCC1.I. The Kier molecular flexibility index (Phi) is 10.7. The lowest BCUT2D eigenvalue weighted by Gasteiger charge is -2.21. The summed E-state index contributed by atoms with van der Waals surface area (Å²) >= 11 is 0. The second-order valence-corrected chi connectivity index (χ2v) is 7.35. The van der Waals surface area contributed by atoms with Crippen molar-refractivity contribution in [3.05, 3.63) is 23.2 Å². The first-order chi connectivity index (χ1) is 12.4. The first-order valence-corrected chi connectivity index (χ1v) is 9.86. The summed E-state index contributed by atoms with van der Waals surface area (Å²) in [5.74, 6) is 2.25. The van der Waals surface area contributed by atoms with E-state index in [0.29, 0.717) is 12.1 Å². The van der Waals surface area contributed by atoms with Gasteiger partial charge in [0.05, 0.1) is 12.6 Å². The van der Waals surface area contributed by atoms with Crippen molar-refractivity contribution in [2.24, 2.45) is 4.99 Å². The Morgan fingerprint density at radius 3 is 2.63 bits per heavy atom. The van der Waals surface area contributed by atoms with Gasteiger partial charge in [0.15, 0.2) is 5.96 Å². The number of furan rings is 1. The first kappa shape index (κ1) is 24.2. The number of rotatable bonds is 9. The lowest BCUT2D eigenvalue weighted by Crippen LogP contribution is -2.39. The Morgan fingerprint density at radius 1 is 1.33 bits per heavy atom. The van der Waals surface area contributed by atoms with Gasteiger partial charge in [0.2, 0.25) is 0 Å². The van der Waals surface area contributed by atoms with Gasteiger partial charge in [-0.3, -0.25) is 0 Å². The summed E-state index contributed by atoms with van der Waals surface area (Å²) in [6.45, 7) is 10.2. The molecule has 1 aromatic heterocycles. The Morgan fingerprint density at radius 2 is 2.04 bits per heavy atom. The third kappa shape index (κ3) is 7.99. The van der Waals surface area contributed by atoms with Crippen LogP contribution in [-0.4, -0.2) is 43.4 Å². The van der Waals surface area contributed by atoms with Crippen LogP contribution in [-0.2, 0) is 10.3 Å². The van der Waals surface area contributed by atoms with Crippen molar-refractivity contribution in [1.82, 2.24) is 10.6 Å². The number of hydrogen-bond donors (Lipinski definition) is 3. The lowest BCUT2D eigenvalue weighted by molar-refractivity contribution is 0.0572. The zero-order valence-electron chi connectivity index (χ0n) is 17.1. The molecule has 156 valence electrons. The maximum absolute atomic E-state index is 10.8. The minimum absolute atomic E-state index is 0. The first-order valence-electron chi connectivity index (χ1n) is 9.86. The van der Waals surface area contributed by atoms with Crippen LogP contribution in [0.1, 0.15) is 63.0 Å². The van der Waals surface area contributed by atoms with E-state index >= 15 is 0 Å². The largest absolute Gasteiger partial charge is 0.466 e. The molecule has 1 aliphatic carbocycles. The van der Waals surface area contributed by atoms with Gasteiger partial charge >= 0.3 is 0 Å². The van der Waals surface area contributed by atoms with Crippen LogP contribution in [0.15, 0.2) is 15.5 Å². The maximum Gasteiger partial charge on any atom is 0.191 e. The second kappa shape index (κ2) is 11.9. The molecule has 1 fully saturated rings. The molecule has 1 atom stereocenters. The molecule has 6 nitrogen and oxygen atoms in total. The van der Waals surface area contributed by atoms with Gasteiger partial charge in [-0.2, -0.15) is 0 Å². The number of guanidine groups is 1. The van der Waals surface area contributed by atoms with Gasteiger partial charge in [-0.05, 0) is 53.0 Å². The van der Waals surface area contributed by atoms with Crippen molar-refractivity contribution in [2.45, 2.75) is 71.5 Å². The molecule has 0 spiro atoms.